The molecule has 7 heteroatoms. The molecule has 0 saturated carbocycles. The fourth-order valence-corrected chi connectivity index (χ4v) is 3.31. The Balaban J connectivity index is 1.62. The van der Waals surface area contributed by atoms with E-state index in [1.165, 1.54) is 9.80 Å². The van der Waals surface area contributed by atoms with E-state index in [0.29, 0.717) is 0 Å². The van der Waals surface area contributed by atoms with Crippen LogP contribution in [-0.4, -0.2) is 58.5 Å². The number of fused-ring (bicyclic) bond motifs is 2. The molecule has 2 aliphatic rings. The first-order chi connectivity index (χ1) is 12.2. The number of carbonyl (C=O) groups excluding carboxylic acids is 3. The van der Waals surface area contributed by atoms with Crippen molar-refractivity contribution in [3.05, 3.63) is 35.9 Å². The Labute approximate surface area is 152 Å². The molecule has 2 saturated heterocycles. The standard InChI is InChI=1S/C19H24N2O5/c1-19(2,3)26-18(24)21-14-9-16(22)15(21)11-20(10-14)17(23)25-12-13-7-5-4-6-8-13/h4-8,14-15H,9-12H2,1-3H3. The van der Waals surface area contributed by atoms with Crippen LogP contribution >= 0.6 is 0 Å². The summed E-state index contributed by atoms with van der Waals surface area (Å²) >= 11 is 0. The molecule has 1 aromatic rings. The summed E-state index contributed by atoms with van der Waals surface area (Å²) < 4.78 is 10.8. The van der Waals surface area contributed by atoms with Gasteiger partial charge in [0.2, 0.25) is 0 Å². The summed E-state index contributed by atoms with van der Waals surface area (Å²) in [6, 6.07) is 8.38. The van der Waals surface area contributed by atoms with E-state index < -0.39 is 23.8 Å². The Hall–Kier alpha value is -2.57. The summed E-state index contributed by atoms with van der Waals surface area (Å²) in [6.07, 6.45) is -0.732. The lowest BCUT2D eigenvalue weighted by Gasteiger charge is -2.39. The second-order valence-corrected chi connectivity index (χ2v) is 7.67. The zero-order valence-corrected chi connectivity index (χ0v) is 15.3. The fraction of sp³-hybridized carbons (Fsp3) is 0.526. The molecule has 2 bridgehead atoms. The monoisotopic (exact) mass is 360 g/mol. The minimum atomic E-state index is -0.659. The average molecular weight is 360 g/mol. The molecule has 2 fully saturated rings. The molecule has 2 heterocycles. The zero-order valence-electron chi connectivity index (χ0n) is 15.3. The van der Waals surface area contributed by atoms with E-state index in [1.54, 1.807) is 20.8 Å². The van der Waals surface area contributed by atoms with E-state index in [-0.39, 0.29) is 37.9 Å². The lowest BCUT2D eigenvalue weighted by Crippen LogP contribution is -2.58. The molecule has 2 aliphatic heterocycles. The number of ketones is 1. The van der Waals surface area contributed by atoms with Crippen LogP contribution in [0.1, 0.15) is 32.8 Å². The average Bonchev–Trinajstić information content (AvgIpc) is 2.77. The molecule has 2 amide bonds. The van der Waals surface area contributed by atoms with E-state index in [0.717, 1.165) is 5.56 Å². The smallest absolute Gasteiger partial charge is 0.411 e. The number of likely N-dealkylation sites (tertiary alicyclic amines) is 1. The number of piperazine rings is 1. The molecule has 3 rings (SSSR count). The van der Waals surface area contributed by atoms with Crippen LogP contribution in [0.4, 0.5) is 9.59 Å². The number of amides is 2. The maximum Gasteiger partial charge on any atom is 0.411 e. The van der Waals surface area contributed by atoms with Gasteiger partial charge in [-0.25, -0.2) is 9.59 Å². The molecule has 0 spiro atoms. The van der Waals surface area contributed by atoms with Crippen molar-refractivity contribution < 1.29 is 23.9 Å². The molecule has 2 unspecified atom stereocenters. The minimum absolute atomic E-state index is 0.0424. The predicted molar refractivity (Wildman–Crippen MR) is 93.5 cm³/mol. The number of ether oxygens (including phenoxy) is 2. The number of rotatable bonds is 2. The van der Waals surface area contributed by atoms with E-state index in [4.69, 9.17) is 9.47 Å². The summed E-state index contributed by atoms with van der Waals surface area (Å²) in [5, 5.41) is 0. The molecule has 2 atom stereocenters. The lowest BCUT2D eigenvalue weighted by molar-refractivity contribution is -0.120. The highest BCUT2D eigenvalue weighted by molar-refractivity contribution is 5.93. The van der Waals surface area contributed by atoms with Gasteiger partial charge in [-0.1, -0.05) is 30.3 Å². The summed E-state index contributed by atoms with van der Waals surface area (Å²) in [5.41, 5.74) is 0.262. The second-order valence-electron chi connectivity index (χ2n) is 7.67. The van der Waals surface area contributed by atoms with Crippen LogP contribution in [0.15, 0.2) is 30.3 Å². The van der Waals surface area contributed by atoms with Crippen LogP contribution in [-0.2, 0) is 20.9 Å². The van der Waals surface area contributed by atoms with Crippen LogP contribution < -0.4 is 0 Å². The molecule has 0 aliphatic carbocycles. The Morgan fingerprint density at radius 2 is 1.81 bits per heavy atom. The quantitative estimate of drug-likeness (QED) is 0.810. The van der Waals surface area contributed by atoms with Gasteiger partial charge in [-0.05, 0) is 26.3 Å². The van der Waals surface area contributed by atoms with Crippen molar-refractivity contribution in [2.45, 2.75) is 51.5 Å². The number of Topliss-reactive ketones (excluding diaryl/α,β-unsaturated/α-hetero) is 1. The van der Waals surface area contributed by atoms with Crippen LogP contribution in [0, 0.1) is 0 Å². The highest BCUT2D eigenvalue weighted by Gasteiger charge is 2.50. The summed E-state index contributed by atoms with van der Waals surface area (Å²) in [7, 11) is 0. The van der Waals surface area contributed by atoms with Crippen molar-refractivity contribution in [2.75, 3.05) is 13.1 Å². The van der Waals surface area contributed by atoms with E-state index in [1.807, 2.05) is 30.3 Å². The van der Waals surface area contributed by atoms with Gasteiger partial charge >= 0.3 is 12.2 Å². The third kappa shape index (κ3) is 3.98. The molecule has 7 nitrogen and oxygen atoms in total. The number of hydrogen-bond donors (Lipinski definition) is 0. The van der Waals surface area contributed by atoms with Gasteiger partial charge in [0.15, 0.2) is 5.78 Å². The third-order valence-corrected chi connectivity index (χ3v) is 4.43. The first-order valence-electron chi connectivity index (χ1n) is 8.74. The molecule has 1 aromatic carbocycles. The normalized spacial score (nSPS) is 22.3. The molecular formula is C19H24N2O5. The molecule has 140 valence electrons. The first kappa shape index (κ1) is 18.2. The maximum atomic E-state index is 12.4. The number of nitrogens with zero attached hydrogens (tertiary/aromatic N) is 2. The first-order valence-corrected chi connectivity index (χ1v) is 8.74. The van der Waals surface area contributed by atoms with Gasteiger partial charge in [0.25, 0.3) is 0 Å². The highest BCUT2D eigenvalue weighted by Crippen LogP contribution is 2.30. The zero-order chi connectivity index (χ0) is 18.9. The third-order valence-electron chi connectivity index (χ3n) is 4.43. The van der Waals surface area contributed by atoms with Crippen LogP contribution in [0.3, 0.4) is 0 Å². The fourth-order valence-electron chi connectivity index (χ4n) is 3.31. The van der Waals surface area contributed by atoms with Crippen molar-refractivity contribution in [1.82, 2.24) is 9.80 Å². The van der Waals surface area contributed by atoms with Crippen LogP contribution in [0.5, 0.6) is 0 Å². The largest absolute Gasteiger partial charge is 0.445 e. The SMILES string of the molecule is CC(C)(C)OC(=O)N1C2CC(=O)C1CN(C(=O)OCc1ccccc1)C2. The Kier molecular flexibility index (Phi) is 4.89. The van der Waals surface area contributed by atoms with Crippen molar-refractivity contribution in [3.63, 3.8) is 0 Å². The number of hydrogen-bond acceptors (Lipinski definition) is 5. The van der Waals surface area contributed by atoms with Gasteiger partial charge in [0.05, 0.1) is 12.6 Å². The minimum Gasteiger partial charge on any atom is -0.445 e. The summed E-state index contributed by atoms with van der Waals surface area (Å²) in [5.74, 6) is -0.0424. The summed E-state index contributed by atoms with van der Waals surface area (Å²) in [4.78, 5) is 40.0. The van der Waals surface area contributed by atoms with Gasteiger partial charge in [0.1, 0.15) is 18.2 Å². The van der Waals surface area contributed by atoms with Gasteiger partial charge < -0.3 is 14.4 Å². The van der Waals surface area contributed by atoms with Crippen LogP contribution in [0.25, 0.3) is 0 Å². The summed E-state index contributed by atoms with van der Waals surface area (Å²) in [6.45, 7) is 5.94. The Morgan fingerprint density at radius 3 is 2.42 bits per heavy atom. The molecule has 26 heavy (non-hydrogen) atoms. The number of carbonyl (C=O) groups is 3. The highest BCUT2D eigenvalue weighted by atomic mass is 16.6. The van der Waals surface area contributed by atoms with Crippen molar-refractivity contribution >= 4 is 18.0 Å². The van der Waals surface area contributed by atoms with E-state index in [2.05, 4.69) is 0 Å². The Morgan fingerprint density at radius 1 is 1.12 bits per heavy atom. The van der Waals surface area contributed by atoms with Gasteiger partial charge in [-0.3, -0.25) is 9.69 Å². The molecule has 0 N–H and O–H groups in total. The topological polar surface area (TPSA) is 76.2 Å². The number of benzene rings is 1. The van der Waals surface area contributed by atoms with Gasteiger partial charge in [0, 0.05) is 13.0 Å². The Bertz CT molecular complexity index is 698. The van der Waals surface area contributed by atoms with E-state index in [9.17, 15) is 14.4 Å². The molecule has 0 radical (unpaired) electrons. The molecular weight excluding hydrogens is 336 g/mol. The van der Waals surface area contributed by atoms with Gasteiger partial charge in [-0.2, -0.15) is 0 Å². The second kappa shape index (κ2) is 6.97. The molecule has 0 aromatic heterocycles. The van der Waals surface area contributed by atoms with Crippen LogP contribution in [0.2, 0.25) is 0 Å². The van der Waals surface area contributed by atoms with Crippen molar-refractivity contribution in [1.29, 1.82) is 0 Å². The predicted octanol–water partition coefficient (Wildman–Crippen LogP) is 2.59. The maximum absolute atomic E-state index is 12.4. The van der Waals surface area contributed by atoms with Gasteiger partial charge in [-0.15, -0.1) is 0 Å². The van der Waals surface area contributed by atoms with Crippen molar-refractivity contribution in [2.24, 2.45) is 0 Å². The van der Waals surface area contributed by atoms with Crippen molar-refractivity contribution in [3.8, 4) is 0 Å². The lowest BCUT2D eigenvalue weighted by atomic mass is 10.2. The van der Waals surface area contributed by atoms with E-state index >= 15 is 0 Å².